The van der Waals surface area contributed by atoms with Gasteiger partial charge in [0.15, 0.2) is 0 Å². The molecule has 3 unspecified atom stereocenters. The van der Waals surface area contributed by atoms with Crippen LogP contribution in [-0.2, 0) is 0 Å². The van der Waals surface area contributed by atoms with Crippen molar-refractivity contribution < 1.29 is 0 Å². The Labute approximate surface area is 129 Å². The minimum Gasteiger partial charge on any atom is -0.326 e. The van der Waals surface area contributed by atoms with Gasteiger partial charge in [-0.25, -0.2) is 0 Å². The van der Waals surface area contributed by atoms with Crippen molar-refractivity contribution in [2.24, 2.45) is 5.73 Å². The van der Waals surface area contributed by atoms with Gasteiger partial charge < -0.3 is 5.73 Å². The van der Waals surface area contributed by atoms with Gasteiger partial charge >= 0.3 is 0 Å². The Morgan fingerprint density at radius 3 is 2.68 bits per heavy atom. The van der Waals surface area contributed by atoms with Crippen LogP contribution in [0.1, 0.15) is 31.9 Å². The van der Waals surface area contributed by atoms with Crippen LogP contribution < -0.4 is 5.73 Å². The molecule has 0 bridgehead atoms. The molecule has 2 N–H and O–H groups in total. The van der Waals surface area contributed by atoms with Gasteiger partial charge in [0.25, 0.3) is 0 Å². The van der Waals surface area contributed by atoms with Gasteiger partial charge in [0.1, 0.15) is 0 Å². The van der Waals surface area contributed by atoms with E-state index in [1.807, 2.05) is 0 Å². The average molecular weight is 343 g/mol. The highest BCUT2D eigenvalue weighted by Crippen LogP contribution is 2.31. The fourth-order valence-corrected chi connectivity index (χ4v) is 4.02. The van der Waals surface area contributed by atoms with Crippen molar-refractivity contribution in [1.82, 2.24) is 4.90 Å². The lowest BCUT2D eigenvalue weighted by Gasteiger charge is -2.42. The largest absolute Gasteiger partial charge is 0.326 e. The molecular weight excluding hydrogens is 320 g/mol. The number of rotatable bonds is 4. The SMILES string of the molecule is CCC(N)C(c1ccc(Br)cc1)N1CCSCC1C. The Morgan fingerprint density at radius 1 is 1.42 bits per heavy atom. The van der Waals surface area contributed by atoms with E-state index in [9.17, 15) is 0 Å². The molecule has 3 atom stereocenters. The van der Waals surface area contributed by atoms with Gasteiger partial charge in [-0.1, -0.05) is 35.0 Å². The molecule has 19 heavy (non-hydrogen) atoms. The van der Waals surface area contributed by atoms with Crippen molar-refractivity contribution in [3.8, 4) is 0 Å². The molecule has 1 aliphatic rings. The second-order valence-corrected chi connectivity index (χ2v) is 7.30. The Bertz CT molecular complexity index is 396. The molecular formula is C15H23BrN2S. The minimum atomic E-state index is 0.201. The molecule has 1 heterocycles. The normalized spacial score (nSPS) is 24.1. The molecule has 0 aromatic heterocycles. The predicted octanol–water partition coefficient (Wildman–Crippen LogP) is 3.66. The third-order valence-corrected chi connectivity index (χ3v) is 5.58. The highest BCUT2D eigenvalue weighted by Gasteiger charge is 2.30. The second kappa shape index (κ2) is 7.11. The number of thioether (sulfide) groups is 1. The summed E-state index contributed by atoms with van der Waals surface area (Å²) in [7, 11) is 0. The van der Waals surface area contributed by atoms with Crippen LogP contribution in [0.25, 0.3) is 0 Å². The van der Waals surface area contributed by atoms with Crippen LogP contribution in [-0.4, -0.2) is 35.0 Å². The van der Waals surface area contributed by atoms with Gasteiger partial charge in [0.05, 0.1) is 6.04 Å². The van der Waals surface area contributed by atoms with E-state index in [1.54, 1.807) is 0 Å². The van der Waals surface area contributed by atoms with E-state index < -0.39 is 0 Å². The predicted molar refractivity (Wildman–Crippen MR) is 88.6 cm³/mol. The lowest BCUT2D eigenvalue weighted by molar-refractivity contribution is 0.137. The molecule has 0 radical (unpaired) electrons. The minimum absolute atomic E-state index is 0.201. The van der Waals surface area contributed by atoms with E-state index >= 15 is 0 Å². The maximum absolute atomic E-state index is 6.42. The lowest BCUT2D eigenvalue weighted by atomic mass is 9.95. The Hall–Kier alpha value is -0.0300. The molecule has 1 saturated heterocycles. The highest BCUT2D eigenvalue weighted by atomic mass is 79.9. The van der Waals surface area contributed by atoms with Crippen molar-refractivity contribution in [3.05, 3.63) is 34.3 Å². The van der Waals surface area contributed by atoms with Crippen molar-refractivity contribution >= 4 is 27.7 Å². The summed E-state index contributed by atoms with van der Waals surface area (Å²) in [6.07, 6.45) is 1.01. The smallest absolute Gasteiger partial charge is 0.0502 e. The number of nitrogens with zero attached hydrogens (tertiary/aromatic N) is 1. The summed E-state index contributed by atoms with van der Waals surface area (Å²) in [5.41, 5.74) is 7.76. The van der Waals surface area contributed by atoms with Crippen molar-refractivity contribution in [2.45, 2.75) is 38.4 Å². The fourth-order valence-electron chi connectivity index (χ4n) is 2.72. The highest BCUT2D eigenvalue weighted by molar-refractivity contribution is 9.10. The first-order valence-electron chi connectivity index (χ1n) is 6.98. The lowest BCUT2D eigenvalue weighted by Crippen LogP contribution is -2.48. The molecule has 1 aromatic carbocycles. The molecule has 0 saturated carbocycles. The monoisotopic (exact) mass is 342 g/mol. The molecule has 1 fully saturated rings. The van der Waals surface area contributed by atoms with Gasteiger partial charge in [-0.05, 0) is 31.0 Å². The zero-order valence-electron chi connectivity index (χ0n) is 11.7. The van der Waals surface area contributed by atoms with Crippen LogP contribution >= 0.6 is 27.7 Å². The van der Waals surface area contributed by atoms with Crippen LogP contribution in [0.4, 0.5) is 0 Å². The summed E-state index contributed by atoms with van der Waals surface area (Å²) in [6, 6.07) is 9.80. The van der Waals surface area contributed by atoms with Crippen LogP contribution in [0.5, 0.6) is 0 Å². The molecule has 4 heteroatoms. The Morgan fingerprint density at radius 2 is 2.11 bits per heavy atom. The standard InChI is InChI=1S/C15H23BrN2S/c1-3-14(17)15(12-4-6-13(16)7-5-12)18-8-9-19-10-11(18)2/h4-7,11,14-15H,3,8-10,17H2,1-2H3. The van der Waals surface area contributed by atoms with Gasteiger partial charge in [-0.3, -0.25) is 4.90 Å². The molecule has 0 amide bonds. The number of benzene rings is 1. The first-order valence-corrected chi connectivity index (χ1v) is 8.92. The average Bonchev–Trinajstić information content (AvgIpc) is 2.43. The number of nitrogens with two attached hydrogens (primary N) is 1. The first-order chi connectivity index (χ1) is 9.13. The summed E-state index contributed by atoms with van der Waals surface area (Å²) in [5.74, 6) is 2.43. The van der Waals surface area contributed by atoms with E-state index in [0.29, 0.717) is 12.1 Å². The molecule has 2 rings (SSSR count). The van der Waals surface area contributed by atoms with Gasteiger partial charge in [0, 0.05) is 34.6 Å². The van der Waals surface area contributed by atoms with E-state index in [-0.39, 0.29) is 6.04 Å². The van der Waals surface area contributed by atoms with E-state index in [4.69, 9.17) is 5.73 Å². The van der Waals surface area contributed by atoms with Gasteiger partial charge in [0.2, 0.25) is 0 Å². The quantitative estimate of drug-likeness (QED) is 0.905. The Balaban J connectivity index is 2.27. The van der Waals surface area contributed by atoms with E-state index in [0.717, 1.165) is 17.4 Å². The summed E-state index contributed by atoms with van der Waals surface area (Å²) < 4.78 is 1.13. The van der Waals surface area contributed by atoms with E-state index in [2.05, 4.69) is 70.7 Å². The maximum Gasteiger partial charge on any atom is 0.0502 e. The number of hydrogen-bond donors (Lipinski definition) is 1. The summed E-state index contributed by atoms with van der Waals surface area (Å²) in [4.78, 5) is 2.59. The van der Waals surface area contributed by atoms with Crippen LogP contribution in [0, 0.1) is 0 Å². The molecule has 0 aliphatic carbocycles. The first kappa shape index (κ1) is 15.4. The molecule has 1 aromatic rings. The van der Waals surface area contributed by atoms with Crippen LogP contribution in [0.3, 0.4) is 0 Å². The van der Waals surface area contributed by atoms with Crippen LogP contribution in [0.2, 0.25) is 0 Å². The van der Waals surface area contributed by atoms with Crippen LogP contribution in [0.15, 0.2) is 28.7 Å². The molecule has 2 nitrogen and oxygen atoms in total. The number of halogens is 1. The Kier molecular flexibility index (Phi) is 5.75. The number of hydrogen-bond acceptors (Lipinski definition) is 3. The second-order valence-electron chi connectivity index (χ2n) is 5.23. The van der Waals surface area contributed by atoms with Gasteiger partial charge in [-0.15, -0.1) is 0 Å². The van der Waals surface area contributed by atoms with Crippen molar-refractivity contribution in [1.29, 1.82) is 0 Å². The summed E-state index contributed by atoms with van der Waals surface area (Å²) in [6.45, 7) is 5.64. The molecule has 0 spiro atoms. The maximum atomic E-state index is 6.42. The topological polar surface area (TPSA) is 29.3 Å². The van der Waals surface area contributed by atoms with Crippen molar-refractivity contribution in [2.75, 3.05) is 18.1 Å². The summed E-state index contributed by atoms with van der Waals surface area (Å²) >= 11 is 5.56. The third-order valence-electron chi connectivity index (χ3n) is 3.86. The zero-order valence-corrected chi connectivity index (χ0v) is 14.1. The molecule has 1 aliphatic heterocycles. The summed E-state index contributed by atoms with van der Waals surface area (Å²) in [5, 5.41) is 0. The third kappa shape index (κ3) is 3.75. The van der Waals surface area contributed by atoms with Crippen molar-refractivity contribution in [3.63, 3.8) is 0 Å². The van der Waals surface area contributed by atoms with Gasteiger partial charge in [-0.2, -0.15) is 11.8 Å². The van der Waals surface area contributed by atoms with E-state index in [1.165, 1.54) is 17.1 Å². The fraction of sp³-hybridized carbons (Fsp3) is 0.600. The molecule has 106 valence electrons. The zero-order chi connectivity index (χ0) is 13.8.